The molecule has 1 aliphatic carbocycles. The van der Waals surface area contributed by atoms with Crippen LogP contribution in [0.25, 0.3) is 0 Å². The van der Waals surface area contributed by atoms with Gasteiger partial charge < -0.3 is 4.74 Å². The molecule has 0 N–H and O–H groups in total. The fraction of sp³-hybridized carbons (Fsp3) is 0.0833. The van der Waals surface area contributed by atoms with Crippen LogP contribution in [0.2, 0.25) is 5.02 Å². The van der Waals surface area contributed by atoms with Crippen LogP contribution in [0, 0.1) is 32.1 Å². The zero-order valence-electron chi connectivity index (χ0n) is 11.1. The van der Waals surface area contributed by atoms with Crippen LogP contribution in [-0.4, -0.2) is 7.11 Å². The van der Waals surface area contributed by atoms with Crippen LogP contribution in [0.15, 0.2) is 24.3 Å². The van der Waals surface area contributed by atoms with E-state index in [-0.39, 0.29) is 17.1 Å². The minimum Gasteiger partial charge on any atom is -0.0312 e. The van der Waals surface area contributed by atoms with Gasteiger partial charge in [-0.15, -0.1) is 0 Å². The topological polar surface area (TPSA) is 9.23 Å². The van der Waals surface area contributed by atoms with Gasteiger partial charge in [-0.1, -0.05) is 11.6 Å². The molecule has 0 bridgehead atoms. The summed E-state index contributed by atoms with van der Waals surface area (Å²) in [5.41, 5.74) is 0. The molecule has 1 nitrogen and oxygen atoms in total. The number of halogens is 7. The standard InChI is InChI=1S/C7H7ClO.C5H5.F6P.Fe/c1-9-7-4-2-6(8)3-5-7;1-2-4-5-3-1;1-7(2,3,4,5)6;/h2-5H,1H3;1-5H;;/q;;-1;+2. The van der Waals surface area contributed by atoms with Crippen molar-refractivity contribution in [2.24, 2.45) is 0 Å². The van der Waals surface area contributed by atoms with E-state index in [2.05, 4.69) is 0 Å². The Morgan fingerprint density at radius 1 is 0.773 bits per heavy atom. The molecule has 0 aromatic heterocycles. The third-order valence-corrected chi connectivity index (χ3v) is 1.86. The van der Waals surface area contributed by atoms with Gasteiger partial charge in [0, 0.05) is 5.02 Å². The molecule has 10 heteroatoms. The van der Waals surface area contributed by atoms with E-state index < -0.39 is 7.81 Å². The number of rotatable bonds is 1. The van der Waals surface area contributed by atoms with Gasteiger partial charge in [-0.25, -0.2) is 0 Å². The largest absolute Gasteiger partial charge is 2.00 e. The van der Waals surface area contributed by atoms with E-state index in [9.17, 15) is 25.2 Å². The van der Waals surface area contributed by atoms with E-state index in [1.165, 1.54) is 0 Å². The fourth-order valence-electron chi connectivity index (χ4n) is 0.891. The average Bonchev–Trinajstić information content (AvgIpc) is 2.84. The van der Waals surface area contributed by atoms with Crippen molar-refractivity contribution in [2.75, 3.05) is 7.11 Å². The quantitative estimate of drug-likeness (QED) is 0.284. The summed E-state index contributed by atoms with van der Waals surface area (Å²) in [7, 11) is -9.03. The molecule has 1 aromatic carbocycles. The van der Waals surface area contributed by atoms with Crippen LogP contribution in [0.1, 0.15) is 0 Å². The molecule has 1 saturated carbocycles. The average molecular weight is 408 g/mol. The first-order valence-corrected chi connectivity index (χ1v) is 7.71. The van der Waals surface area contributed by atoms with Crippen molar-refractivity contribution in [1.82, 2.24) is 0 Å². The summed E-state index contributed by atoms with van der Waals surface area (Å²) in [6.45, 7) is 0. The maximum absolute atomic E-state index is 10.7. The van der Waals surface area contributed by atoms with E-state index in [0.29, 0.717) is 0 Å². The molecule has 0 atom stereocenters. The third-order valence-electron chi connectivity index (χ3n) is 1.60. The van der Waals surface area contributed by atoms with Gasteiger partial charge in [0.2, 0.25) is 0 Å². The van der Waals surface area contributed by atoms with Crippen molar-refractivity contribution in [1.29, 1.82) is 0 Å². The van der Waals surface area contributed by atoms with Gasteiger partial charge in [-0.2, -0.15) is 0 Å². The monoisotopic (exact) mass is 408 g/mol. The first-order chi connectivity index (χ1) is 9.28. The molecule has 0 saturated heterocycles. The summed E-state index contributed by atoms with van der Waals surface area (Å²) >= 11 is 5.61. The molecule has 0 spiro atoms. The summed E-state index contributed by atoms with van der Waals surface area (Å²) < 4.78 is 64.1. The second kappa shape index (κ2) is 8.62. The van der Waals surface area contributed by atoms with E-state index in [0.717, 1.165) is 10.8 Å². The van der Waals surface area contributed by atoms with Crippen LogP contribution in [-0.2, 0) is 17.1 Å². The molecule has 0 unspecified atom stereocenters. The van der Waals surface area contributed by atoms with Crippen molar-refractivity contribution in [3.63, 3.8) is 0 Å². The molecule has 0 heterocycles. The summed E-state index contributed by atoms with van der Waals surface area (Å²) in [6, 6.07) is 7.23. The van der Waals surface area contributed by atoms with Gasteiger partial charge in [-0.3, -0.25) is 0 Å². The molecule has 2 rings (SSSR count). The number of hydrogen-bond donors (Lipinski definition) is 0. The Labute approximate surface area is 141 Å². The van der Waals surface area contributed by atoms with Crippen molar-refractivity contribution < 1.29 is 47.0 Å². The Bertz CT molecular complexity index is 399. The maximum atomic E-state index is 9.87. The number of methoxy groups -OCH3 is 1. The van der Waals surface area contributed by atoms with Gasteiger partial charge in [-0.05, 0) is 56.4 Å². The molecular weight excluding hydrogens is 396 g/mol. The SMILES string of the molecule is COc1ccc(Cl)cc1.F[P-](F)(F)(F)(F)F.[CH]1[CH][CH][CH][CH]1.[Fe+2]. The van der Waals surface area contributed by atoms with Crippen LogP contribution >= 0.6 is 19.4 Å². The Hall–Kier alpha value is -0.161. The van der Waals surface area contributed by atoms with E-state index in [1.807, 2.05) is 44.2 Å². The molecule has 127 valence electrons. The van der Waals surface area contributed by atoms with E-state index >= 15 is 0 Å². The molecule has 1 aliphatic rings. The molecule has 22 heavy (non-hydrogen) atoms. The van der Waals surface area contributed by atoms with Crippen LogP contribution < -0.4 is 4.74 Å². The first kappa shape index (κ1) is 24.1. The van der Waals surface area contributed by atoms with Crippen LogP contribution in [0.5, 0.6) is 5.75 Å². The van der Waals surface area contributed by atoms with Crippen molar-refractivity contribution in [2.45, 2.75) is 0 Å². The zero-order valence-corrected chi connectivity index (χ0v) is 13.8. The van der Waals surface area contributed by atoms with Gasteiger partial charge in [0.1, 0.15) is 5.75 Å². The van der Waals surface area contributed by atoms with Crippen LogP contribution in [0.3, 0.4) is 0 Å². The Morgan fingerprint density at radius 2 is 1.05 bits per heavy atom. The van der Waals surface area contributed by atoms with Gasteiger partial charge in [0.25, 0.3) is 0 Å². The minimum absolute atomic E-state index is 0. The number of hydrogen-bond acceptors (Lipinski definition) is 1. The van der Waals surface area contributed by atoms with Gasteiger partial charge >= 0.3 is 50.1 Å². The van der Waals surface area contributed by atoms with Crippen molar-refractivity contribution in [3.05, 3.63) is 61.4 Å². The molecule has 1 aromatic rings. The molecule has 0 aliphatic heterocycles. The van der Waals surface area contributed by atoms with E-state index in [4.69, 9.17) is 16.3 Å². The van der Waals surface area contributed by atoms with Gasteiger partial charge in [0.05, 0.1) is 7.11 Å². The summed E-state index contributed by atoms with van der Waals surface area (Å²) in [5, 5.41) is 0.732. The summed E-state index contributed by atoms with van der Waals surface area (Å²) in [5.74, 6) is 0.833. The smallest absolute Gasteiger partial charge is 0.0312 e. The predicted octanol–water partition coefficient (Wildman–Crippen LogP) is 6.75. The van der Waals surface area contributed by atoms with Gasteiger partial charge in [0.15, 0.2) is 0 Å². The number of benzene rings is 1. The second-order valence-electron chi connectivity index (χ2n) is 3.58. The Balaban J connectivity index is 0. The first-order valence-electron chi connectivity index (χ1n) is 5.30. The number of ether oxygens (including phenoxy) is 1. The Morgan fingerprint density at radius 3 is 1.27 bits per heavy atom. The third kappa shape index (κ3) is 24.8. The van der Waals surface area contributed by atoms with Crippen molar-refractivity contribution >= 4 is 19.4 Å². The van der Waals surface area contributed by atoms with Crippen LogP contribution in [0.4, 0.5) is 25.2 Å². The normalized spacial score (nSPS) is 16.5. The van der Waals surface area contributed by atoms with E-state index in [1.54, 1.807) is 19.2 Å². The fourth-order valence-corrected chi connectivity index (χ4v) is 1.02. The predicted molar refractivity (Wildman–Crippen MR) is 73.1 cm³/mol. The Kier molecular flexibility index (Phi) is 9.45. The molecule has 0 amide bonds. The summed E-state index contributed by atoms with van der Waals surface area (Å²) in [6.07, 6.45) is 10.0. The molecular formula is C12H12ClF6FeOP+. The molecule has 5 radical (unpaired) electrons. The maximum Gasteiger partial charge on any atom is 2.00 e. The summed E-state index contributed by atoms with van der Waals surface area (Å²) in [4.78, 5) is 0. The zero-order chi connectivity index (χ0) is 16.6. The minimum atomic E-state index is -10.7. The van der Waals surface area contributed by atoms with Crippen molar-refractivity contribution in [3.8, 4) is 5.75 Å². The molecule has 1 fully saturated rings. The second-order valence-corrected chi connectivity index (χ2v) is 5.93.